The van der Waals surface area contributed by atoms with Gasteiger partial charge in [0.05, 0.1) is 6.54 Å². The number of hydrogen-bond acceptors (Lipinski definition) is 2. The smallest absolute Gasteiger partial charge is 0.250 e. The van der Waals surface area contributed by atoms with Gasteiger partial charge in [0.15, 0.2) is 0 Å². The molecule has 0 spiro atoms. The van der Waals surface area contributed by atoms with Crippen molar-refractivity contribution in [2.75, 3.05) is 26.8 Å². The van der Waals surface area contributed by atoms with Gasteiger partial charge in [-0.2, -0.15) is 0 Å². The van der Waals surface area contributed by atoms with Crippen molar-refractivity contribution >= 4 is 0 Å². The lowest BCUT2D eigenvalue weighted by molar-refractivity contribution is 0.145. The van der Waals surface area contributed by atoms with Crippen molar-refractivity contribution in [3.05, 3.63) is 0 Å². The minimum absolute atomic E-state index is 0.190. The Morgan fingerprint density at radius 1 is 1.25 bits per heavy atom. The summed E-state index contributed by atoms with van der Waals surface area (Å²) in [5.41, 5.74) is 0. The first-order valence-corrected chi connectivity index (χ1v) is 4.25. The van der Waals surface area contributed by atoms with Crippen LogP contribution in [-0.2, 0) is 4.74 Å². The van der Waals surface area contributed by atoms with Gasteiger partial charge in [0, 0.05) is 13.7 Å². The normalized spacial score (nSPS) is 11.0. The first-order chi connectivity index (χ1) is 5.77. The van der Waals surface area contributed by atoms with E-state index in [0.29, 0.717) is 6.54 Å². The largest absolute Gasteiger partial charge is 0.385 e. The Kier molecular flexibility index (Phi) is 8.71. The lowest BCUT2D eigenvalue weighted by Crippen LogP contribution is -2.22. The maximum Gasteiger partial charge on any atom is 0.250 e. The highest BCUT2D eigenvalue weighted by Gasteiger charge is 1.99. The zero-order valence-electron chi connectivity index (χ0n) is 7.48. The molecule has 0 heterocycles. The van der Waals surface area contributed by atoms with E-state index in [2.05, 4.69) is 5.32 Å². The van der Waals surface area contributed by atoms with Gasteiger partial charge in [-0.25, -0.2) is 8.78 Å². The summed E-state index contributed by atoms with van der Waals surface area (Å²) in [5.74, 6) is 0. The van der Waals surface area contributed by atoms with E-state index >= 15 is 0 Å². The molecule has 0 aromatic rings. The summed E-state index contributed by atoms with van der Waals surface area (Å²) in [6.45, 7) is 1.24. The first-order valence-electron chi connectivity index (χ1n) is 4.25. The summed E-state index contributed by atoms with van der Waals surface area (Å²) < 4.78 is 28.0. The number of unbranched alkanes of at least 4 members (excludes halogenated alkanes) is 2. The van der Waals surface area contributed by atoms with Gasteiger partial charge in [0.1, 0.15) is 0 Å². The SMILES string of the molecule is COCCCCCNCC(F)F. The predicted octanol–water partition coefficient (Wildman–Crippen LogP) is 1.66. The molecule has 0 fully saturated rings. The fourth-order valence-electron chi connectivity index (χ4n) is 0.884. The van der Waals surface area contributed by atoms with Gasteiger partial charge in [-0.1, -0.05) is 0 Å². The summed E-state index contributed by atoms with van der Waals surface area (Å²) in [6, 6.07) is 0. The lowest BCUT2D eigenvalue weighted by atomic mass is 10.2. The average Bonchev–Trinajstić information content (AvgIpc) is 2.02. The molecule has 0 bridgehead atoms. The van der Waals surface area contributed by atoms with Crippen LogP contribution in [0.15, 0.2) is 0 Å². The molecule has 0 rings (SSSR count). The average molecular weight is 181 g/mol. The van der Waals surface area contributed by atoms with E-state index in [9.17, 15) is 8.78 Å². The molecule has 0 unspecified atom stereocenters. The van der Waals surface area contributed by atoms with Crippen LogP contribution in [-0.4, -0.2) is 33.2 Å². The van der Waals surface area contributed by atoms with Crippen LogP contribution in [0, 0.1) is 0 Å². The molecule has 12 heavy (non-hydrogen) atoms. The molecule has 0 amide bonds. The molecule has 0 aromatic carbocycles. The Bertz CT molecular complexity index is 91.1. The molecular formula is C8H17F2NO. The second kappa shape index (κ2) is 8.87. The van der Waals surface area contributed by atoms with Gasteiger partial charge < -0.3 is 10.1 Å². The number of nitrogens with one attached hydrogen (secondary N) is 1. The molecule has 0 saturated heterocycles. The first kappa shape index (κ1) is 11.8. The number of hydrogen-bond donors (Lipinski definition) is 1. The van der Waals surface area contributed by atoms with Crippen LogP contribution < -0.4 is 5.32 Å². The Labute approximate surface area is 72.3 Å². The van der Waals surface area contributed by atoms with Crippen molar-refractivity contribution in [1.29, 1.82) is 0 Å². The molecule has 74 valence electrons. The third-order valence-electron chi connectivity index (χ3n) is 1.50. The monoisotopic (exact) mass is 181 g/mol. The third-order valence-corrected chi connectivity index (χ3v) is 1.50. The Balaban J connectivity index is 2.82. The van der Waals surface area contributed by atoms with Crippen molar-refractivity contribution in [2.24, 2.45) is 0 Å². The van der Waals surface area contributed by atoms with E-state index in [1.165, 1.54) is 0 Å². The molecule has 0 aliphatic rings. The minimum Gasteiger partial charge on any atom is -0.385 e. The van der Waals surface area contributed by atoms with E-state index in [0.717, 1.165) is 25.9 Å². The van der Waals surface area contributed by atoms with Gasteiger partial charge in [-0.3, -0.25) is 0 Å². The summed E-state index contributed by atoms with van der Waals surface area (Å²) >= 11 is 0. The summed E-state index contributed by atoms with van der Waals surface area (Å²) in [7, 11) is 1.66. The predicted molar refractivity (Wildman–Crippen MR) is 44.6 cm³/mol. The highest BCUT2D eigenvalue weighted by molar-refractivity contribution is 4.49. The van der Waals surface area contributed by atoms with Crippen molar-refractivity contribution in [3.8, 4) is 0 Å². The molecule has 4 heteroatoms. The van der Waals surface area contributed by atoms with Crippen molar-refractivity contribution in [2.45, 2.75) is 25.7 Å². The molecule has 0 saturated carbocycles. The van der Waals surface area contributed by atoms with Gasteiger partial charge in [0.25, 0.3) is 6.43 Å². The van der Waals surface area contributed by atoms with Crippen molar-refractivity contribution in [3.63, 3.8) is 0 Å². The molecular weight excluding hydrogens is 164 g/mol. The van der Waals surface area contributed by atoms with Crippen LogP contribution in [0.2, 0.25) is 0 Å². The van der Waals surface area contributed by atoms with Crippen LogP contribution in [0.3, 0.4) is 0 Å². The van der Waals surface area contributed by atoms with Crippen LogP contribution in [0.4, 0.5) is 8.78 Å². The van der Waals surface area contributed by atoms with Crippen LogP contribution in [0.25, 0.3) is 0 Å². The maximum atomic E-state index is 11.6. The molecule has 0 aromatic heterocycles. The van der Waals surface area contributed by atoms with Gasteiger partial charge >= 0.3 is 0 Å². The number of rotatable bonds is 8. The Hall–Kier alpha value is -0.220. The lowest BCUT2D eigenvalue weighted by Gasteiger charge is -2.03. The highest BCUT2D eigenvalue weighted by atomic mass is 19.3. The third kappa shape index (κ3) is 9.78. The Morgan fingerprint density at radius 3 is 2.58 bits per heavy atom. The second-order valence-electron chi connectivity index (χ2n) is 2.65. The standard InChI is InChI=1S/C8H17F2NO/c1-12-6-4-2-3-5-11-7-8(9)10/h8,11H,2-7H2,1H3. The topological polar surface area (TPSA) is 21.3 Å². The second-order valence-corrected chi connectivity index (χ2v) is 2.65. The number of ether oxygens (including phenoxy) is 1. The minimum atomic E-state index is -2.23. The zero-order valence-corrected chi connectivity index (χ0v) is 7.48. The quantitative estimate of drug-likeness (QED) is 0.575. The molecule has 1 N–H and O–H groups in total. The van der Waals surface area contributed by atoms with E-state index in [1.807, 2.05) is 0 Å². The number of methoxy groups -OCH3 is 1. The van der Waals surface area contributed by atoms with Gasteiger partial charge in [-0.05, 0) is 25.8 Å². The van der Waals surface area contributed by atoms with E-state index in [-0.39, 0.29) is 6.54 Å². The molecule has 2 nitrogen and oxygen atoms in total. The molecule has 0 aliphatic carbocycles. The van der Waals surface area contributed by atoms with Crippen molar-refractivity contribution in [1.82, 2.24) is 5.32 Å². The van der Waals surface area contributed by atoms with Crippen molar-refractivity contribution < 1.29 is 13.5 Å². The van der Waals surface area contributed by atoms with Crippen LogP contribution >= 0.6 is 0 Å². The summed E-state index contributed by atoms with van der Waals surface area (Å²) in [6.07, 6.45) is 0.747. The molecule has 0 radical (unpaired) electrons. The molecule has 0 atom stereocenters. The molecule has 0 aliphatic heterocycles. The summed E-state index contributed by atoms with van der Waals surface area (Å²) in [5, 5.41) is 2.67. The number of alkyl halides is 2. The maximum absolute atomic E-state index is 11.6. The van der Waals surface area contributed by atoms with Gasteiger partial charge in [0.2, 0.25) is 0 Å². The fraction of sp³-hybridized carbons (Fsp3) is 1.00. The van der Waals surface area contributed by atoms with E-state index in [1.54, 1.807) is 7.11 Å². The van der Waals surface area contributed by atoms with Crippen LogP contribution in [0.1, 0.15) is 19.3 Å². The number of halogens is 2. The Morgan fingerprint density at radius 2 is 2.00 bits per heavy atom. The highest BCUT2D eigenvalue weighted by Crippen LogP contribution is 1.94. The van der Waals surface area contributed by atoms with E-state index < -0.39 is 6.43 Å². The van der Waals surface area contributed by atoms with Crippen LogP contribution in [0.5, 0.6) is 0 Å². The van der Waals surface area contributed by atoms with Gasteiger partial charge in [-0.15, -0.1) is 0 Å². The fourth-order valence-corrected chi connectivity index (χ4v) is 0.884. The summed E-state index contributed by atoms with van der Waals surface area (Å²) in [4.78, 5) is 0. The van der Waals surface area contributed by atoms with E-state index in [4.69, 9.17) is 4.74 Å². The zero-order chi connectivity index (χ0) is 9.23.